The van der Waals surface area contributed by atoms with Crippen molar-refractivity contribution in [2.75, 3.05) is 32.8 Å². The highest BCUT2D eigenvalue weighted by molar-refractivity contribution is 7.19. The number of rotatable bonds is 8. The Balaban J connectivity index is 0.00000242. The SMILES string of the molecule is CCN(CC)CCOCC(O)c1ccc2sc(C)cc2c1.Cl. The highest BCUT2D eigenvalue weighted by Crippen LogP contribution is 2.27. The Kier molecular flexibility index (Phi) is 8.36. The van der Waals surface area contributed by atoms with Crippen molar-refractivity contribution in [1.29, 1.82) is 0 Å². The fraction of sp³-hybridized carbons (Fsp3) is 0.529. The summed E-state index contributed by atoms with van der Waals surface area (Å²) in [5.41, 5.74) is 0.933. The van der Waals surface area contributed by atoms with Gasteiger partial charge >= 0.3 is 0 Å². The van der Waals surface area contributed by atoms with Gasteiger partial charge in [0.2, 0.25) is 0 Å². The molecule has 22 heavy (non-hydrogen) atoms. The number of aliphatic hydroxyl groups is 1. The largest absolute Gasteiger partial charge is 0.386 e. The van der Waals surface area contributed by atoms with Gasteiger partial charge in [0.15, 0.2) is 0 Å². The van der Waals surface area contributed by atoms with E-state index in [4.69, 9.17) is 4.74 Å². The van der Waals surface area contributed by atoms with Crippen molar-refractivity contribution in [3.05, 3.63) is 34.7 Å². The summed E-state index contributed by atoms with van der Waals surface area (Å²) < 4.78 is 6.88. The Morgan fingerprint density at radius 1 is 1.23 bits per heavy atom. The number of aliphatic hydroxyl groups excluding tert-OH is 1. The van der Waals surface area contributed by atoms with Crippen molar-refractivity contribution in [3.63, 3.8) is 0 Å². The number of fused-ring (bicyclic) bond motifs is 1. The van der Waals surface area contributed by atoms with Crippen molar-refractivity contribution in [2.24, 2.45) is 0 Å². The first kappa shape index (κ1) is 19.4. The van der Waals surface area contributed by atoms with Crippen LogP contribution in [0.3, 0.4) is 0 Å². The van der Waals surface area contributed by atoms with E-state index in [0.717, 1.165) is 25.2 Å². The van der Waals surface area contributed by atoms with Gasteiger partial charge in [0.05, 0.1) is 13.2 Å². The predicted octanol–water partition coefficient (Wildman–Crippen LogP) is 4.02. The molecule has 0 spiro atoms. The molecule has 1 N–H and O–H groups in total. The average molecular weight is 344 g/mol. The zero-order valence-corrected chi connectivity index (χ0v) is 15.2. The van der Waals surface area contributed by atoms with E-state index in [1.807, 2.05) is 6.07 Å². The van der Waals surface area contributed by atoms with Crippen molar-refractivity contribution in [1.82, 2.24) is 4.90 Å². The van der Waals surface area contributed by atoms with Gasteiger partial charge in [0, 0.05) is 16.1 Å². The normalized spacial score (nSPS) is 12.6. The number of nitrogens with zero attached hydrogens (tertiary/aromatic N) is 1. The third-order valence-electron chi connectivity index (χ3n) is 3.77. The lowest BCUT2D eigenvalue weighted by atomic mass is 10.1. The Bertz CT molecular complexity index is 569. The van der Waals surface area contributed by atoms with Crippen molar-refractivity contribution in [3.8, 4) is 0 Å². The highest BCUT2D eigenvalue weighted by Gasteiger charge is 2.10. The molecular weight excluding hydrogens is 318 g/mol. The molecule has 0 aliphatic rings. The second-order valence-corrected chi connectivity index (χ2v) is 6.56. The lowest BCUT2D eigenvalue weighted by Crippen LogP contribution is -2.27. The summed E-state index contributed by atoms with van der Waals surface area (Å²) >= 11 is 1.78. The van der Waals surface area contributed by atoms with Crippen molar-refractivity contribution >= 4 is 33.8 Å². The number of hydrogen-bond donors (Lipinski definition) is 1. The molecule has 1 atom stereocenters. The van der Waals surface area contributed by atoms with Crippen LogP contribution in [0.25, 0.3) is 10.1 Å². The molecule has 0 aliphatic carbocycles. The molecule has 3 nitrogen and oxygen atoms in total. The van der Waals surface area contributed by atoms with E-state index in [2.05, 4.69) is 43.9 Å². The second-order valence-electron chi connectivity index (χ2n) is 5.27. The number of ether oxygens (including phenoxy) is 1. The van der Waals surface area contributed by atoms with Gasteiger partial charge < -0.3 is 14.7 Å². The van der Waals surface area contributed by atoms with Crippen LogP contribution in [-0.4, -0.2) is 42.9 Å². The summed E-state index contributed by atoms with van der Waals surface area (Å²) in [6.07, 6.45) is -0.550. The summed E-state index contributed by atoms with van der Waals surface area (Å²) in [7, 11) is 0. The van der Waals surface area contributed by atoms with Crippen LogP contribution in [0.5, 0.6) is 0 Å². The molecule has 0 saturated heterocycles. The van der Waals surface area contributed by atoms with Crippen LogP contribution < -0.4 is 0 Å². The van der Waals surface area contributed by atoms with Crippen molar-refractivity contribution in [2.45, 2.75) is 26.9 Å². The molecule has 0 aliphatic heterocycles. The molecule has 0 fully saturated rings. The summed E-state index contributed by atoms with van der Waals surface area (Å²) in [5.74, 6) is 0. The standard InChI is InChI=1S/C17H25NO2S.ClH/c1-4-18(5-2)8-9-20-12-16(19)14-6-7-17-15(11-14)10-13(3)21-17;/h6-7,10-11,16,19H,4-5,8-9,12H2,1-3H3;1H. The first-order valence-corrected chi connectivity index (χ1v) is 8.44. The van der Waals surface area contributed by atoms with Gasteiger partial charge in [-0.15, -0.1) is 23.7 Å². The third kappa shape index (κ3) is 5.21. The number of benzene rings is 1. The monoisotopic (exact) mass is 343 g/mol. The maximum Gasteiger partial charge on any atom is 0.102 e. The molecule has 2 rings (SSSR count). The molecule has 1 heterocycles. The van der Waals surface area contributed by atoms with E-state index in [1.54, 1.807) is 11.3 Å². The average Bonchev–Trinajstić information content (AvgIpc) is 2.86. The Hall–Kier alpha value is -0.650. The topological polar surface area (TPSA) is 32.7 Å². The minimum absolute atomic E-state index is 0. The van der Waals surface area contributed by atoms with Crippen molar-refractivity contribution < 1.29 is 9.84 Å². The van der Waals surface area contributed by atoms with Crippen LogP contribution in [0.2, 0.25) is 0 Å². The minimum Gasteiger partial charge on any atom is -0.386 e. The zero-order valence-electron chi connectivity index (χ0n) is 13.5. The minimum atomic E-state index is -0.550. The van der Waals surface area contributed by atoms with Crippen LogP contribution in [0.4, 0.5) is 0 Å². The molecule has 5 heteroatoms. The second kappa shape index (κ2) is 9.48. The number of hydrogen-bond acceptors (Lipinski definition) is 4. The van der Waals surface area contributed by atoms with Gasteiger partial charge in [-0.1, -0.05) is 19.9 Å². The van der Waals surface area contributed by atoms with Crippen LogP contribution >= 0.6 is 23.7 Å². The molecule has 0 radical (unpaired) electrons. The van der Waals surface area contributed by atoms with Gasteiger partial charge in [-0.2, -0.15) is 0 Å². The van der Waals surface area contributed by atoms with E-state index in [-0.39, 0.29) is 12.4 Å². The van der Waals surface area contributed by atoms with Crippen LogP contribution in [0, 0.1) is 6.92 Å². The first-order valence-electron chi connectivity index (χ1n) is 7.62. The molecular formula is C17H26ClNO2S. The summed E-state index contributed by atoms with van der Waals surface area (Å²) in [6.45, 7) is 10.4. The Morgan fingerprint density at radius 3 is 2.64 bits per heavy atom. The number of halogens is 1. The molecule has 0 saturated carbocycles. The quantitative estimate of drug-likeness (QED) is 0.735. The highest BCUT2D eigenvalue weighted by atomic mass is 35.5. The predicted molar refractivity (Wildman–Crippen MR) is 97.4 cm³/mol. The first-order chi connectivity index (χ1) is 10.1. The van der Waals surface area contributed by atoms with E-state index in [1.165, 1.54) is 15.0 Å². The van der Waals surface area contributed by atoms with Gasteiger partial charge in [-0.3, -0.25) is 0 Å². The lowest BCUT2D eigenvalue weighted by Gasteiger charge is -2.18. The molecule has 2 aromatic rings. The van der Waals surface area contributed by atoms with E-state index >= 15 is 0 Å². The Morgan fingerprint density at radius 2 is 1.95 bits per heavy atom. The van der Waals surface area contributed by atoms with Gasteiger partial charge in [0.1, 0.15) is 6.10 Å². The van der Waals surface area contributed by atoms with E-state index in [0.29, 0.717) is 13.2 Å². The maximum atomic E-state index is 10.2. The molecule has 1 aromatic carbocycles. The summed E-state index contributed by atoms with van der Waals surface area (Å²) in [5, 5.41) is 11.4. The number of aryl methyl sites for hydroxylation is 1. The van der Waals surface area contributed by atoms with E-state index in [9.17, 15) is 5.11 Å². The molecule has 0 bridgehead atoms. The fourth-order valence-corrected chi connectivity index (χ4v) is 3.33. The summed E-state index contributed by atoms with van der Waals surface area (Å²) in [6, 6.07) is 8.31. The van der Waals surface area contributed by atoms with E-state index < -0.39 is 6.10 Å². The van der Waals surface area contributed by atoms with Crippen LogP contribution in [-0.2, 0) is 4.74 Å². The maximum absolute atomic E-state index is 10.2. The molecule has 0 amide bonds. The third-order valence-corrected chi connectivity index (χ3v) is 4.80. The zero-order chi connectivity index (χ0) is 15.2. The van der Waals surface area contributed by atoms with Gasteiger partial charge in [-0.05, 0) is 49.2 Å². The lowest BCUT2D eigenvalue weighted by molar-refractivity contribution is 0.0274. The molecule has 124 valence electrons. The fourth-order valence-electron chi connectivity index (χ4n) is 2.43. The summed E-state index contributed by atoms with van der Waals surface area (Å²) in [4.78, 5) is 3.61. The number of likely N-dealkylation sites (N-methyl/N-ethyl adjacent to an activating group) is 1. The van der Waals surface area contributed by atoms with Crippen LogP contribution in [0.15, 0.2) is 24.3 Å². The smallest absolute Gasteiger partial charge is 0.102 e. The Labute approximate surface area is 143 Å². The van der Waals surface area contributed by atoms with Gasteiger partial charge in [0.25, 0.3) is 0 Å². The molecule has 1 unspecified atom stereocenters. The van der Waals surface area contributed by atoms with Crippen LogP contribution in [0.1, 0.15) is 30.4 Å². The number of thiophene rings is 1. The van der Waals surface area contributed by atoms with Gasteiger partial charge in [-0.25, -0.2) is 0 Å². The molecule has 1 aromatic heterocycles.